The second kappa shape index (κ2) is 4.09. The number of carbonyl (C=O) groups excluding carboxylic acids is 1. The molecule has 5 heteroatoms. The summed E-state index contributed by atoms with van der Waals surface area (Å²) < 4.78 is 1.81. The topological polar surface area (TPSA) is 58.4 Å². The molecular weight excluding hydrogens is 230 g/mol. The minimum absolute atomic E-state index is 0.187. The van der Waals surface area contributed by atoms with E-state index >= 15 is 0 Å². The van der Waals surface area contributed by atoms with Gasteiger partial charge in [0, 0.05) is 19.1 Å². The van der Waals surface area contributed by atoms with Gasteiger partial charge in [-0.25, -0.2) is 0 Å². The Kier molecular flexibility index (Phi) is 2.66. The van der Waals surface area contributed by atoms with E-state index in [2.05, 4.69) is 10.00 Å². The molecule has 2 aliphatic rings. The van der Waals surface area contributed by atoms with E-state index in [9.17, 15) is 9.90 Å². The second-order valence-electron chi connectivity index (χ2n) is 5.48. The van der Waals surface area contributed by atoms with Crippen molar-refractivity contribution >= 4 is 12.1 Å². The molecule has 2 unspecified atom stereocenters. The van der Waals surface area contributed by atoms with E-state index in [1.807, 2.05) is 18.7 Å². The second-order valence-corrected chi connectivity index (χ2v) is 5.48. The van der Waals surface area contributed by atoms with Crippen molar-refractivity contribution in [1.82, 2.24) is 9.78 Å². The van der Waals surface area contributed by atoms with Gasteiger partial charge in [-0.2, -0.15) is 5.10 Å². The summed E-state index contributed by atoms with van der Waals surface area (Å²) in [5, 5.41) is 14.2. The summed E-state index contributed by atoms with van der Waals surface area (Å²) >= 11 is 0. The maximum absolute atomic E-state index is 11.3. The molecule has 1 aromatic heterocycles. The van der Waals surface area contributed by atoms with Gasteiger partial charge in [0.25, 0.3) is 0 Å². The standard InChI is InChI=1S/C13H19N3O2/c1-8-12(7-17)13(15(2)14-8)16-9-3-4-10(16)6-11(18)5-9/h7,9-11,18H,3-6H2,1-2H3. The highest BCUT2D eigenvalue weighted by molar-refractivity contribution is 5.85. The molecule has 98 valence electrons. The molecule has 0 amide bonds. The number of carbonyl (C=O) groups is 1. The third-order valence-corrected chi connectivity index (χ3v) is 4.31. The van der Waals surface area contributed by atoms with Crippen LogP contribution in [0, 0.1) is 6.92 Å². The van der Waals surface area contributed by atoms with Crippen LogP contribution >= 0.6 is 0 Å². The molecule has 18 heavy (non-hydrogen) atoms. The van der Waals surface area contributed by atoms with Crippen LogP contribution in [0.4, 0.5) is 5.82 Å². The summed E-state index contributed by atoms with van der Waals surface area (Å²) in [5.41, 5.74) is 1.49. The van der Waals surface area contributed by atoms with Crippen molar-refractivity contribution in [2.75, 3.05) is 4.90 Å². The van der Waals surface area contributed by atoms with E-state index in [-0.39, 0.29) is 6.10 Å². The Bertz CT molecular complexity index is 469. The maximum Gasteiger partial charge on any atom is 0.155 e. The fraction of sp³-hybridized carbons (Fsp3) is 0.692. The fourth-order valence-electron chi connectivity index (χ4n) is 3.60. The molecule has 3 rings (SSSR count). The number of fused-ring (bicyclic) bond motifs is 2. The summed E-state index contributed by atoms with van der Waals surface area (Å²) in [4.78, 5) is 13.6. The molecule has 1 aromatic rings. The average Bonchev–Trinajstić information content (AvgIpc) is 2.72. The zero-order valence-corrected chi connectivity index (χ0v) is 10.8. The van der Waals surface area contributed by atoms with E-state index in [0.717, 1.165) is 43.5 Å². The van der Waals surface area contributed by atoms with Crippen LogP contribution in [-0.4, -0.2) is 39.4 Å². The van der Waals surface area contributed by atoms with Crippen molar-refractivity contribution in [2.45, 2.75) is 50.8 Å². The van der Waals surface area contributed by atoms with Crippen LogP contribution in [0.3, 0.4) is 0 Å². The lowest BCUT2D eigenvalue weighted by atomic mass is 9.99. The van der Waals surface area contributed by atoms with Crippen molar-refractivity contribution in [3.63, 3.8) is 0 Å². The van der Waals surface area contributed by atoms with Gasteiger partial charge in [-0.15, -0.1) is 0 Å². The number of aromatic nitrogens is 2. The van der Waals surface area contributed by atoms with Crippen molar-refractivity contribution < 1.29 is 9.90 Å². The number of hydrogen-bond acceptors (Lipinski definition) is 4. The molecule has 2 fully saturated rings. The molecule has 0 aliphatic carbocycles. The predicted molar refractivity (Wildman–Crippen MR) is 67.9 cm³/mol. The van der Waals surface area contributed by atoms with Crippen molar-refractivity contribution in [3.05, 3.63) is 11.3 Å². The molecule has 2 bridgehead atoms. The van der Waals surface area contributed by atoms with Crippen LogP contribution in [0.25, 0.3) is 0 Å². The van der Waals surface area contributed by atoms with Gasteiger partial charge in [-0.1, -0.05) is 0 Å². The summed E-state index contributed by atoms with van der Waals surface area (Å²) in [6.45, 7) is 1.87. The van der Waals surface area contributed by atoms with E-state index in [1.54, 1.807) is 0 Å². The van der Waals surface area contributed by atoms with Gasteiger partial charge in [0.2, 0.25) is 0 Å². The van der Waals surface area contributed by atoms with Gasteiger partial charge in [-0.3, -0.25) is 9.48 Å². The van der Waals surface area contributed by atoms with Gasteiger partial charge >= 0.3 is 0 Å². The number of piperidine rings is 1. The Morgan fingerprint density at radius 1 is 1.33 bits per heavy atom. The zero-order chi connectivity index (χ0) is 12.9. The van der Waals surface area contributed by atoms with Crippen LogP contribution in [-0.2, 0) is 7.05 Å². The van der Waals surface area contributed by atoms with Crippen LogP contribution in [0.5, 0.6) is 0 Å². The number of rotatable bonds is 2. The number of hydrogen-bond donors (Lipinski definition) is 1. The molecular formula is C13H19N3O2. The highest BCUT2D eigenvalue weighted by atomic mass is 16.3. The molecule has 0 saturated carbocycles. The van der Waals surface area contributed by atoms with Gasteiger partial charge in [0.15, 0.2) is 6.29 Å². The third-order valence-electron chi connectivity index (χ3n) is 4.31. The van der Waals surface area contributed by atoms with Gasteiger partial charge < -0.3 is 10.0 Å². The molecule has 2 saturated heterocycles. The molecule has 0 aromatic carbocycles. The fourth-order valence-corrected chi connectivity index (χ4v) is 3.60. The first-order chi connectivity index (χ1) is 8.61. The van der Waals surface area contributed by atoms with Crippen molar-refractivity contribution in [2.24, 2.45) is 7.05 Å². The zero-order valence-electron chi connectivity index (χ0n) is 10.8. The Morgan fingerprint density at radius 3 is 2.50 bits per heavy atom. The highest BCUT2D eigenvalue weighted by Crippen LogP contribution is 2.40. The lowest BCUT2D eigenvalue weighted by Gasteiger charge is -2.38. The summed E-state index contributed by atoms with van der Waals surface area (Å²) in [6, 6.07) is 0.708. The predicted octanol–water partition coefficient (Wildman–Crippen LogP) is 1.03. The minimum atomic E-state index is -0.187. The maximum atomic E-state index is 11.3. The Labute approximate surface area is 106 Å². The monoisotopic (exact) mass is 249 g/mol. The lowest BCUT2D eigenvalue weighted by molar-refractivity contribution is 0.112. The molecule has 0 radical (unpaired) electrons. The first kappa shape index (κ1) is 11.7. The lowest BCUT2D eigenvalue weighted by Crippen LogP contribution is -2.46. The van der Waals surface area contributed by atoms with E-state index in [1.165, 1.54) is 0 Å². The third kappa shape index (κ3) is 1.57. The normalized spacial score (nSPS) is 30.8. The van der Waals surface area contributed by atoms with Crippen LogP contribution < -0.4 is 4.90 Å². The number of aliphatic hydroxyl groups excluding tert-OH is 1. The number of aryl methyl sites for hydroxylation is 2. The number of aldehydes is 1. The van der Waals surface area contributed by atoms with Gasteiger partial charge in [0.1, 0.15) is 5.82 Å². The van der Waals surface area contributed by atoms with Crippen LogP contribution in [0.15, 0.2) is 0 Å². The first-order valence-corrected chi connectivity index (χ1v) is 6.57. The van der Waals surface area contributed by atoms with E-state index < -0.39 is 0 Å². The Balaban J connectivity index is 2.03. The molecule has 0 spiro atoms. The Morgan fingerprint density at radius 2 is 1.94 bits per heavy atom. The molecule has 5 nitrogen and oxygen atoms in total. The molecule has 3 heterocycles. The van der Waals surface area contributed by atoms with Crippen molar-refractivity contribution in [3.8, 4) is 0 Å². The number of anilines is 1. The highest BCUT2D eigenvalue weighted by Gasteiger charge is 2.42. The SMILES string of the molecule is Cc1nn(C)c(N2C3CCC2CC(O)C3)c1C=O. The first-order valence-electron chi connectivity index (χ1n) is 6.57. The summed E-state index contributed by atoms with van der Waals surface area (Å²) in [5.74, 6) is 0.932. The smallest absolute Gasteiger partial charge is 0.155 e. The van der Waals surface area contributed by atoms with Crippen LogP contribution in [0.1, 0.15) is 41.7 Å². The molecule has 1 N–H and O–H groups in total. The average molecular weight is 249 g/mol. The number of nitrogens with zero attached hydrogens (tertiary/aromatic N) is 3. The quantitative estimate of drug-likeness (QED) is 0.795. The minimum Gasteiger partial charge on any atom is -0.393 e. The van der Waals surface area contributed by atoms with Gasteiger partial charge in [-0.05, 0) is 32.6 Å². The van der Waals surface area contributed by atoms with Crippen molar-refractivity contribution in [1.29, 1.82) is 0 Å². The molecule has 2 aliphatic heterocycles. The van der Waals surface area contributed by atoms with E-state index in [4.69, 9.17) is 0 Å². The summed E-state index contributed by atoms with van der Waals surface area (Å²) in [7, 11) is 1.89. The number of aliphatic hydroxyl groups is 1. The van der Waals surface area contributed by atoms with E-state index in [0.29, 0.717) is 17.6 Å². The summed E-state index contributed by atoms with van der Waals surface area (Å²) in [6.07, 6.45) is 4.53. The molecule has 2 atom stereocenters. The Hall–Kier alpha value is -1.36. The van der Waals surface area contributed by atoms with Gasteiger partial charge in [0.05, 0.1) is 17.4 Å². The van der Waals surface area contributed by atoms with Crippen LogP contribution in [0.2, 0.25) is 0 Å². The largest absolute Gasteiger partial charge is 0.393 e.